The van der Waals surface area contributed by atoms with Crippen molar-refractivity contribution >= 4 is 28.4 Å². The van der Waals surface area contributed by atoms with Gasteiger partial charge in [-0.05, 0) is 55.0 Å². The molecule has 3 unspecified atom stereocenters. The zero-order valence-corrected chi connectivity index (χ0v) is 16.1. The van der Waals surface area contributed by atoms with Gasteiger partial charge in [0.25, 0.3) is 0 Å². The normalized spacial score (nSPS) is 24.2. The lowest BCUT2D eigenvalue weighted by Gasteiger charge is -2.25. The highest BCUT2D eigenvalue weighted by Crippen LogP contribution is 2.37. The zero-order valence-electron chi connectivity index (χ0n) is 15.3. The lowest BCUT2D eigenvalue weighted by molar-refractivity contribution is -0.123. The van der Waals surface area contributed by atoms with Gasteiger partial charge in [0.05, 0.1) is 16.6 Å². The van der Waals surface area contributed by atoms with E-state index in [1.54, 1.807) is 12.4 Å². The number of amides is 1. The van der Waals surface area contributed by atoms with Crippen molar-refractivity contribution < 1.29 is 4.79 Å². The van der Waals surface area contributed by atoms with Gasteiger partial charge in [0, 0.05) is 29.5 Å². The SMILES string of the molecule is O=C(NC1CCCc2c1[nH]c1c(Cl)cccc21)C1CC(c2ccncc2)NN1. The van der Waals surface area contributed by atoms with Gasteiger partial charge in [0.1, 0.15) is 6.04 Å². The minimum absolute atomic E-state index is 0.0125. The van der Waals surface area contributed by atoms with E-state index in [4.69, 9.17) is 11.6 Å². The molecule has 0 bridgehead atoms. The van der Waals surface area contributed by atoms with Gasteiger partial charge in [-0.25, -0.2) is 10.9 Å². The molecule has 28 heavy (non-hydrogen) atoms. The van der Waals surface area contributed by atoms with Gasteiger partial charge in [0.2, 0.25) is 5.91 Å². The molecule has 3 heterocycles. The van der Waals surface area contributed by atoms with Gasteiger partial charge in [-0.15, -0.1) is 0 Å². The number of fused-ring (bicyclic) bond motifs is 3. The molecule has 1 aliphatic carbocycles. The summed E-state index contributed by atoms with van der Waals surface area (Å²) >= 11 is 6.37. The number of H-pyrrole nitrogens is 1. The van der Waals surface area contributed by atoms with Crippen LogP contribution in [-0.2, 0) is 11.2 Å². The van der Waals surface area contributed by atoms with E-state index in [0.29, 0.717) is 6.42 Å². The van der Waals surface area contributed by atoms with Crippen molar-refractivity contribution in [3.63, 3.8) is 0 Å². The Bertz CT molecular complexity index is 1020. The number of aromatic amines is 1. The van der Waals surface area contributed by atoms with E-state index in [2.05, 4.69) is 32.2 Å². The number of hydrogen-bond donors (Lipinski definition) is 4. The molecule has 1 saturated heterocycles. The monoisotopic (exact) mass is 395 g/mol. The number of aromatic nitrogens is 2. The second-order valence-corrected chi connectivity index (χ2v) is 7.95. The van der Waals surface area contributed by atoms with E-state index < -0.39 is 0 Å². The molecule has 2 aromatic heterocycles. The lowest BCUT2D eigenvalue weighted by atomic mass is 9.91. The van der Waals surface area contributed by atoms with Gasteiger partial charge < -0.3 is 10.3 Å². The number of benzene rings is 1. The predicted molar refractivity (Wildman–Crippen MR) is 109 cm³/mol. The van der Waals surface area contributed by atoms with E-state index in [0.717, 1.165) is 41.1 Å². The summed E-state index contributed by atoms with van der Waals surface area (Å²) in [6.45, 7) is 0. The van der Waals surface area contributed by atoms with Crippen LogP contribution in [-0.4, -0.2) is 21.9 Å². The average Bonchev–Trinajstić information content (AvgIpc) is 3.35. The summed E-state index contributed by atoms with van der Waals surface area (Å²) in [7, 11) is 0. The number of hydrazine groups is 1. The number of nitrogens with zero attached hydrogens (tertiary/aromatic N) is 1. The smallest absolute Gasteiger partial charge is 0.239 e. The first-order valence-electron chi connectivity index (χ1n) is 9.71. The fourth-order valence-electron chi connectivity index (χ4n) is 4.41. The number of halogens is 1. The predicted octanol–water partition coefficient (Wildman–Crippen LogP) is 3.32. The average molecular weight is 396 g/mol. The molecule has 0 saturated carbocycles. The molecule has 2 aliphatic rings. The number of para-hydroxylation sites is 1. The van der Waals surface area contributed by atoms with Crippen LogP contribution in [0.3, 0.4) is 0 Å². The summed E-state index contributed by atoms with van der Waals surface area (Å²) in [5, 5.41) is 5.13. The molecule has 6 nitrogen and oxygen atoms in total. The Morgan fingerprint density at radius 2 is 2.04 bits per heavy atom. The summed E-state index contributed by atoms with van der Waals surface area (Å²) in [6, 6.07) is 9.75. The quantitative estimate of drug-likeness (QED) is 0.548. The van der Waals surface area contributed by atoms with Crippen molar-refractivity contribution in [2.75, 3.05) is 0 Å². The van der Waals surface area contributed by atoms with Crippen molar-refractivity contribution in [3.8, 4) is 0 Å². The summed E-state index contributed by atoms with van der Waals surface area (Å²) in [6.07, 6.45) is 7.23. The van der Waals surface area contributed by atoms with E-state index in [1.807, 2.05) is 24.3 Å². The Balaban J connectivity index is 1.33. The van der Waals surface area contributed by atoms with Crippen LogP contribution >= 0.6 is 11.6 Å². The summed E-state index contributed by atoms with van der Waals surface area (Å²) in [5.41, 5.74) is 10.8. The minimum Gasteiger partial charge on any atom is -0.355 e. The molecule has 0 spiro atoms. The number of rotatable bonds is 3. The fourth-order valence-corrected chi connectivity index (χ4v) is 4.63. The largest absolute Gasteiger partial charge is 0.355 e. The first-order valence-corrected chi connectivity index (χ1v) is 10.1. The Morgan fingerprint density at radius 3 is 2.89 bits per heavy atom. The number of nitrogens with one attached hydrogen (secondary N) is 4. The molecular formula is C21H22ClN5O. The summed E-state index contributed by atoms with van der Waals surface area (Å²) in [5.74, 6) is 0.0201. The zero-order chi connectivity index (χ0) is 19.1. The standard InChI is InChI=1S/C21H22ClN5O/c22-15-5-1-3-13-14-4-2-6-16(20(14)25-19(13)15)24-21(28)18-11-17(26-27-18)12-7-9-23-10-8-12/h1,3,5,7-10,16-18,25-27H,2,4,6,11H2,(H,24,28). The Kier molecular flexibility index (Phi) is 4.55. The van der Waals surface area contributed by atoms with E-state index in [9.17, 15) is 4.79 Å². The molecule has 144 valence electrons. The third-order valence-electron chi connectivity index (χ3n) is 5.84. The van der Waals surface area contributed by atoms with Crippen LogP contribution < -0.4 is 16.2 Å². The van der Waals surface area contributed by atoms with Gasteiger partial charge in [-0.2, -0.15) is 0 Å². The number of carbonyl (C=O) groups is 1. The van der Waals surface area contributed by atoms with Crippen molar-refractivity contribution in [1.29, 1.82) is 0 Å². The highest BCUT2D eigenvalue weighted by molar-refractivity contribution is 6.35. The number of hydrogen-bond acceptors (Lipinski definition) is 4. The van der Waals surface area contributed by atoms with Crippen LogP contribution in [0.2, 0.25) is 5.02 Å². The molecule has 5 rings (SSSR count). The van der Waals surface area contributed by atoms with Crippen molar-refractivity contribution in [2.45, 2.75) is 43.8 Å². The molecule has 3 atom stereocenters. The Morgan fingerprint density at radius 1 is 1.18 bits per heavy atom. The van der Waals surface area contributed by atoms with Gasteiger partial charge in [-0.3, -0.25) is 9.78 Å². The van der Waals surface area contributed by atoms with Crippen LogP contribution in [0.5, 0.6) is 0 Å². The number of carbonyl (C=O) groups excluding carboxylic acids is 1. The van der Waals surface area contributed by atoms with Crippen LogP contribution in [0.15, 0.2) is 42.7 Å². The van der Waals surface area contributed by atoms with Gasteiger partial charge >= 0.3 is 0 Å². The number of pyridine rings is 1. The summed E-state index contributed by atoms with van der Waals surface area (Å²) in [4.78, 5) is 20.4. The minimum atomic E-state index is -0.267. The first-order chi connectivity index (χ1) is 13.7. The van der Waals surface area contributed by atoms with Gasteiger partial charge in [0.15, 0.2) is 0 Å². The molecule has 1 aliphatic heterocycles. The van der Waals surface area contributed by atoms with Crippen molar-refractivity contribution in [2.24, 2.45) is 0 Å². The molecule has 1 fully saturated rings. The second kappa shape index (κ2) is 7.20. The summed E-state index contributed by atoms with van der Waals surface area (Å²) < 4.78 is 0. The maximum absolute atomic E-state index is 12.9. The molecule has 1 aromatic carbocycles. The molecule has 3 aromatic rings. The maximum Gasteiger partial charge on any atom is 0.239 e. The van der Waals surface area contributed by atoms with Crippen LogP contribution in [0, 0.1) is 0 Å². The van der Waals surface area contributed by atoms with E-state index in [1.165, 1.54) is 10.9 Å². The van der Waals surface area contributed by atoms with Crippen molar-refractivity contribution in [1.82, 2.24) is 26.1 Å². The lowest BCUT2D eigenvalue weighted by Crippen LogP contribution is -2.45. The topological polar surface area (TPSA) is 81.8 Å². The molecule has 0 radical (unpaired) electrons. The van der Waals surface area contributed by atoms with Gasteiger partial charge in [-0.1, -0.05) is 23.7 Å². The maximum atomic E-state index is 12.9. The molecule has 1 amide bonds. The molecule has 7 heteroatoms. The van der Waals surface area contributed by atoms with E-state index >= 15 is 0 Å². The second-order valence-electron chi connectivity index (χ2n) is 7.54. The van der Waals surface area contributed by atoms with Crippen LogP contribution in [0.1, 0.15) is 48.2 Å². The first kappa shape index (κ1) is 17.7. The molecular weight excluding hydrogens is 374 g/mol. The third kappa shape index (κ3) is 3.07. The van der Waals surface area contributed by atoms with Crippen molar-refractivity contribution in [3.05, 3.63) is 64.6 Å². The van der Waals surface area contributed by atoms with Crippen LogP contribution in [0.4, 0.5) is 0 Å². The van der Waals surface area contributed by atoms with Crippen LogP contribution in [0.25, 0.3) is 10.9 Å². The van der Waals surface area contributed by atoms with E-state index in [-0.39, 0.29) is 24.0 Å². The fraction of sp³-hybridized carbons (Fsp3) is 0.333. The molecule has 4 N–H and O–H groups in total. The highest BCUT2D eigenvalue weighted by atomic mass is 35.5. The third-order valence-corrected chi connectivity index (χ3v) is 6.15. The highest BCUT2D eigenvalue weighted by Gasteiger charge is 2.33. The number of aryl methyl sites for hydroxylation is 1. The Hall–Kier alpha value is -2.41. The Labute approximate surface area is 168 Å².